The SMILES string of the molecule is CCC(C)[C@H](NC(=O)c1nc(-c2nc(-c3csc(-c4nc(-c5csc([C@H](CCCN=C(N)N)N(C)C)n5)oc4C)n3)oc2C)oc1C)C(=O)N[C@H](c1nc(-c2nc(-c3nc(-c4nc(C5=N[C@@H](C(=O)N[C@@H](Cc6ccccc6)C(=O)O)[C@@H](C)O5)co4)co3)co2)co1)C(C)CC. The average Bonchev–Trinajstić information content (AvgIpc) is 1.66. The van der Waals surface area contributed by atoms with Gasteiger partial charge in [-0.05, 0) is 72.0 Å². The first-order valence-electron chi connectivity index (χ1n) is 30.5. The van der Waals surface area contributed by atoms with Crippen LogP contribution in [0.2, 0.25) is 0 Å². The Labute approximate surface area is 550 Å². The number of nitrogens with zero attached hydrogens (tertiary/aromatic N) is 12. The molecule has 3 amide bonds. The van der Waals surface area contributed by atoms with E-state index in [2.05, 4.69) is 55.8 Å². The number of ether oxygens (including phenoxy) is 1. The fraction of sp³-hybridized carbons (Fsp3) is 0.381. The maximum Gasteiger partial charge on any atom is 0.326 e. The molecule has 8 atom stereocenters. The number of benzene rings is 1. The Kier molecular flexibility index (Phi) is 19.7. The monoisotopic (exact) mass is 1340 g/mol. The summed E-state index contributed by atoms with van der Waals surface area (Å²) in [7, 11) is 4.00. The molecule has 10 heterocycles. The molecule has 30 nitrogen and oxygen atoms in total. The number of aliphatic imine (C=N–C) groups is 2. The topological polar surface area (TPSA) is 422 Å². The van der Waals surface area contributed by atoms with Crippen molar-refractivity contribution >= 4 is 58.2 Å². The van der Waals surface area contributed by atoms with E-state index in [1.165, 1.54) is 47.7 Å². The lowest BCUT2D eigenvalue weighted by molar-refractivity contribution is -0.142. The molecule has 0 fully saturated rings. The number of aromatic nitrogens is 9. The van der Waals surface area contributed by atoms with E-state index < -0.39 is 54.0 Å². The number of carboxylic acids is 1. The molecule has 8 N–H and O–H groups in total. The quantitative estimate of drug-likeness (QED) is 0.0151. The molecule has 1 aromatic carbocycles. The Bertz CT molecular complexity index is 4430. The van der Waals surface area contributed by atoms with Crippen LogP contribution in [0.5, 0.6) is 0 Å². The number of amides is 3. The molecule has 2 unspecified atom stereocenters. The number of carbonyl (C=O) groups excluding carboxylic acids is 3. The molecule has 1 aliphatic rings. The minimum absolute atomic E-state index is 0.0200. The van der Waals surface area contributed by atoms with Gasteiger partial charge in [0.2, 0.25) is 58.9 Å². The highest BCUT2D eigenvalue weighted by Crippen LogP contribution is 2.38. The predicted molar refractivity (Wildman–Crippen MR) is 345 cm³/mol. The minimum atomic E-state index is -1.19. The second kappa shape index (κ2) is 28.4. The Hall–Kier alpha value is -10.5. The molecule has 0 aliphatic carbocycles. The first-order valence-corrected chi connectivity index (χ1v) is 32.2. The van der Waals surface area contributed by atoms with Gasteiger partial charge in [-0.3, -0.25) is 19.4 Å². The smallest absolute Gasteiger partial charge is 0.326 e. The molecular formula is C63H69N17O13S2. The number of nitrogens with one attached hydrogen (secondary N) is 3. The van der Waals surface area contributed by atoms with Crippen molar-refractivity contribution in [3.05, 3.63) is 111 Å². The van der Waals surface area contributed by atoms with E-state index in [1.54, 1.807) is 50.4 Å². The minimum Gasteiger partial charge on any atom is -0.480 e. The van der Waals surface area contributed by atoms with Crippen LogP contribution in [0.3, 0.4) is 0 Å². The Balaban J connectivity index is 0.718. The van der Waals surface area contributed by atoms with Gasteiger partial charge in [-0.2, -0.15) is 0 Å². The second-order valence-electron chi connectivity index (χ2n) is 23.0. The molecule has 0 saturated heterocycles. The van der Waals surface area contributed by atoms with Crippen LogP contribution in [0.15, 0.2) is 107 Å². The van der Waals surface area contributed by atoms with Crippen LogP contribution in [0.4, 0.5) is 0 Å². The number of carboxylic acid groups (broad SMARTS) is 1. The Morgan fingerprint density at radius 3 is 1.93 bits per heavy atom. The molecule has 11 rings (SSSR count). The molecule has 496 valence electrons. The number of thiazole rings is 2. The van der Waals surface area contributed by atoms with E-state index in [-0.39, 0.29) is 111 Å². The lowest BCUT2D eigenvalue weighted by Crippen LogP contribution is -2.51. The largest absolute Gasteiger partial charge is 0.480 e. The van der Waals surface area contributed by atoms with Gasteiger partial charge in [0.15, 0.2) is 46.2 Å². The van der Waals surface area contributed by atoms with Gasteiger partial charge in [0.1, 0.15) is 93.7 Å². The normalized spacial score (nSPS) is 15.8. The van der Waals surface area contributed by atoms with E-state index in [1.807, 2.05) is 60.2 Å². The van der Waals surface area contributed by atoms with Crippen molar-refractivity contribution < 1.29 is 59.9 Å². The summed E-state index contributed by atoms with van der Waals surface area (Å²) in [5.74, 6) is -1.39. The maximum absolute atomic E-state index is 14.4. The van der Waals surface area contributed by atoms with Crippen LogP contribution in [-0.4, -0.2) is 135 Å². The summed E-state index contributed by atoms with van der Waals surface area (Å²) >= 11 is 2.86. The van der Waals surface area contributed by atoms with Crippen molar-refractivity contribution in [2.45, 2.75) is 124 Å². The molecule has 32 heteroatoms. The highest BCUT2D eigenvalue weighted by molar-refractivity contribution is 7.13. The van der Waals surface area contributed by atoms with Gasteiger partial charge in [-0.1, -0.05) is 70.9 Å². The number of aryl methyl sites for hydroxylation is 3. The third-order valence-corrected chi connectivity index (χ3v) is 17.7. The average molecular weight is 1340 g/mol. The maximum atomic E-state index is 14.4. The molecule has 10 aromatic rings. The van der Waals surface area contributed by atoms with Gasteiger partial charge in [0, 0.05) is 23.7 Å². The fourth-order valence-electron chi connectivity index (χ4n) is 10.3. The third kappa shape index (κ3) is 14.7. The number of hydrogen-bond acceptors (Lipinski definition) is 26. The molecule has 0 spiro atoms. The number of oxazole rings is 7. The number of rotatable bonds is 28. The van der Waals surface area contributed by atoms with Gasteiger partial charge in [-0.15, -0.1) is 22.7 Å². The van der Waals surface area contributed by atoms with Crippen molar-refractivity contribution in [1.29, 1.82) is 0 Å². The van der Waals surface area contributed by atoms with Gasteiger partial charge >= 0.3 is 5.97 Å². The molecule has 9 aromatic heterocycles. The van der Waals surface area contributed by atoms with Crippen molar-refractivity contribution in [3.63, 3.8) is 0 Å². The molecule has 1 aliphatic heterocycles. The summed E-state index contributed by atoms with van der Waals surface area (Å²) in [6.07, 6.45) is 7.32. The number of guanidine groups is 1. The van der Waals surface area contributed by atoms with Crippen LogP contribution >= 0.6 is 22.7 Å². The lowest BCUT2D eigenvalue weighted by atomic mass is 9.95. The van der Waals surface area contributed by atoms with Crippen LogP contribution in [0.25, 0.3) is 80.2 Å². The highest BCUT2D eigenvalue weighted by Gasteiger charge is 2.38. The third-order valence-electron chi connectivity index (χ3n) is 15.9. The number of nitrogens with two attached hydrogens (primary N) is 2. The van der Waals surface area contributed by atoms with Crippen molar-refractivity contribution in [2.24, 2.45) is 33.3 Å². The van der Waals surface area contributed by atoms with E-state index in [0.717, 1.165) is 23.4 Å². The highest BCUT2D eigenvalue weighted by atomic mass is 32.1. The molecule has 0 saturated carbocycles. The first-order chi connectivity index (χ1) is 45.6. The van der Waals surface area contributed by atoms with E-state index in [0.29, 0.717) is 58.9 Å². The summed E-state index contributed by atoms with van der Waals surface area (Å²) in [6.45, 7) is 14.9. The summed E-state index contributed by atoms with van der Waals surface area (Å²) in [4.78, 5) is 107. The zero-order valence-electron chi connectivity index (χ0n) is 53.4. The molecule has 0 bridgehead atoms. The Morgan fingerprint density at radius 2 is 1.27 bits per heavy atom. The lowest BCUT2D eigenvalue weighted by Gasteiger charge is -2.27. The first kappa shape index (κ1) is 66.0. The fourth-order valence-corrected chi connectivity index (χ4v) is 12.1. The van der Waals surface area contributed by atoms with Crippen LogP contribution in [0.1, 0.15) is 122 Å². The molecular weight excluding hydrogens is 1270 g/mol. The van der Waals surface area contributed by atoms with Crippen LogP contribution in [0, 0.1) is 32.6 Å². The number of carbonyl (C=O) groups is 4. The van der Waals surface area contributed by atoms with Crippen LogP contribution < -0.4 is 27.4 Å². The van der Waals surface area contributed by atoms with E-state index in [9.17, 15) is 24.3 Å². The molecule has 0 radical (unpaired) electrons. The second-order valence-corrected chi connectivity index (χ2v) is 24.7. The summed E-state index contributed by atoms with van der Waals surface area (Å²) in [5, 5.41) is 23.6. The molecule has 95 heavy (non-hydrogen) atoms. The zero-order chi connectivity index (χ0) is 67.4. The van der Waals surface area contributed by atoms with E-state index >= 15 is 0 Å². The summed E-state index contributed by atoms with van der Waals surface area (Å²) < 4.78 is 47.4. The van der Waals surface area contributed by atoms with Crippen molar-refractivity contribution in [2.75, 3.05) is 20.6 Å². The number of hydrogen-bond donors (Lipinski definition) is 6. The van der Waals surface area contributed by atoms with Gasteiger partial charge in [0.05, 0.1) is 6.04 Å². The summed E-state index contributed by atoms with van der Waals surface area (Å²) in [6, 6.07) is 4.97. The van der Waals surface area contributed by atoms with Crippen molar-refractivity contribution in [3.8, 4) is 80.2 Å². The van der Waals surface area contributed by atoms with Crippen LogP contribution in [-0.2, 0) is 25.5 Å². The predicted octanol–water partition coefficient (Wildman–Crippen LogP) is 9.16. The van der Waals surface area contributed by atoms with Gasteiger partial charge < -0.3 is 73.1 Å². The van der Waals surface area contributed by atoms with Crippen molar-refractivity contribution in [1.82, 2.24) is 65.7 Å². The van der Waals surface area contributed by atoms with Gasteiger partial charge in [0.25, 0.3) is 5.91 Å². The zero-order valence-corrected chi connectivity index (χ0v) is 55.0. The van der Waals surface area contributed by atoms with E-state index in [4.69, 9.17) is 67.1 Å². The summed E-state index contributed by atoms with van der Waals surface area (Å²) in [5.41, 5.74) is 14.3. The number of aliphatic carboxylic acids is 1. The van der Waals surface area contributed by atoms with Gasteiger partial charge in [-0.25, -0.2) is 54.6 Å². The Morgan fingerprint density at radius 1 is 0.674 bits per heavy atom. The standard InChI is InChI=1S/C63H69N17O13S2/c1-11-28(3)43(74-51(83)46-31(6)93-59(77-46)47-32(7)91-56(78-47)41-27-95-61(73-41)48-33(8)92-57(79-48)40-26-94-60(72-40)42(80(9)10)19-16-20-66-63(64)65)49(81)75-44(29(4)12-2)58-71-38(24-89-58)54-69-36(22-87-54)52-68-37(23-86-52)53-70-39(25-88-53)55-76-45(30(5)90-55)50(82)67-35(62(84)85)21-34-17-14-13-15-18-34/h13-15,17-18,22-30,35,42-45H,11-12,16,19-21H2,1-10H3,(H,67,82)(H,74,83)(H,75,81)(H,84,85)(H4,64,65,66)/t28?,29?,30-,35+,42+,43+,44+,45-/m1/s1.